The van der Waals surface area contributed by atoms with E-state index >= 15 is 0 Å². The normalized spacial score (nSPS) is 12.0. The van der Waals surface area contributed by atoms with Crippen LogP contribution in [0.25, 0.3) is 16.7 Å². The van der Waals surface area contributed by atoms with Gasteiger partial charge in [0.2, 0.25) is 0 Å². The van der Waals surface area contributed by atoms with E-state index in [1.165, 1.54) is 10.6 Å². The Balaban J connectivity index is 2.29. The van der Waals surface area contributed by atoms with E-state index < -0.39 is 17.4 Å². The first-order valence-corrected chi connectivity index (χ1v) is 6.26. The van der Waals surface area contributed by atoms with Crippen molar-refractivity contribution >= 4 is 11.0 Å². The fraction of sp³-hybridized carbons (Fsp3) is 0.133. The van der Waals surface area contributed by atoms with Crippen LogP contribution in [0.5, 0.6) is 0 Å². The minimum absolute atomic E-state index is 0.165. The summed E-state index contributed by atoms with van der Waals surface area (Å²) in [5, 5.41) is 0. The van der Waals surface area contributed by atoms with Crippen LogP contribution in [0.4, 0.5) is 13.2 Å². The molecule has 0 saturated heterocycles. The molecular weight excluding hydrogens is 281 g/mol. The van der Waals surface area contributed by atoms with Crippen LogP contribution in [0.15, 0.2) is 47.3 Å². The Morgan fingerprint density at radius 1 is 1.10 bits per heavy atom. The zero-order valence-corrected chi connectivity index (χ0v) is 11.0. The maximum atomic E-state index is 12.7. The molecule has 0 fully saturated rings. The molecule has 0 unspecified atom stereocenters. The molecule has 3 nitrogen and oxygen atoms in total. The summed E-state index contributed by atoms with van der Waals surface area (Å²) < 4.78 is 39.5. The number of nitrogens with one attached hydrogen (secondary N) is 1. The number of alkyl halides is 3. The minimum atomic E-state index is -4.43. The fourth-order valence-corrected chi connectivity index (χ4v) is 2.34. The van der Waals surface area contributed by atoms with Gasteiger partial charge in [0, 0.05) is 0 Å². The number of H-pyrrole nitrogens is 1. The highest BCUT2D eigenvalue weighted by Crippen LogP contribution is 2.31. The SMILES string of the molecule is Cc1ccccc1-n1c(=O)[nH]c2cc(C(F)(F)F)ccc21. The number of para-hydroxylation sites is 1. The van der Waals surface area contributed by atoms with Crippen molar-refractivity contribution in [3.8, 4) is 5.69 Å². The van der Waals surface area contributed by atoms with Crippen molar-refractivity contribution < 1.29 is 13.2 Å². The van der Waals surface area contributed by atoms with Crippen molar-refractivity contribution in [3.63, 3.8) is 0 Å². The first-order chi connectivity index (χ1) is 9.88. The third-order valence-corrected chi connectivity index (χ3v) is 3.37. The predicted octanol–water partition coefficient (Wildman–Crippen LogP) is 3.65. The summed E-state index contributed by atoms with van der Waals surface area (Å²) >= 11 is 0. The Bertz CT molecular complexity index is 874. The van der Waals surface area contributed by atoms with Crippen molar-refractivity contribution in [2.24, 2.45) is 0 Å². The first-order valence-electron chi connectivity index (χ1n) is 6.26. The summed E-state index contributed by atoms with van der Waals surface area (Å²) in [6, 6.07) is 10.4. The van der Waals surface area contributed by atoms with Crippen molar-refractivity contribution in [1.29, 1.82) is 0 Å². The molecular formula is C15H11F3N2O. The second kappa shape index (κ2) is 4.51. The summed E-state index contributed by atoms with van der Waals surface area (Å²) in [5.74, 6) is 0. The van der Waals surface area contributed by atoms with Gasteiger partial charge in [-0.3, -0.25) is 4.57 Å². The molecule has 0 amide bonds. The molecule has 1 heterocycles. The van der Waals surface area contributed by atoms with Gasteiger partial charge in [0.05, 0.1) is 22.3 Å². The number of aromatic nitrogens is 2. The van der Waals surface area contributed by atoms with Crippen LogP contribution < -0.4 is 5.69 Å². The predicted molar refractivity (Wildman–Crippen MR) is 73.6 cm³/mol. The van der Waals surface area contributed by atoms with Gasteiger partial charge in [-0.05, 0) is 36.8 Å². The lowest BCUT2D eigenvalue weighted by Gasteiger charge is -2.08. The fourth-order valence-electron chi connectivity index (χ4n) is 2.34. The Kier molecular flexibility index (Phi) is 2.90. The second-order valence-electron chi connectivity index (χ2n) is 4.78. The Morgan fingerprint density at radius 2 is 1.81 bits per heavy atom. The van der Waals surface area contributed by atoms with Crippen LogP contribution in [0.1, 0.15) is 11.1 Å². The van der Waals surface area contributed by atoms with Gasteiger partial charge in [0.15, 0.2) is 0 Å². The number of rotatable bonds is 1. The van der Waals surface area contributed by atoms with Gasteiger partial charge in [-0.2, -0.15) is 13.2 Å². The average molecular weight is 292 g/mol. The van der Waals surface area contributed by atoms with Crippen molar-refractivity contribution in [3.05, 3.63) is 64.1 Å². The molecule has 1 N–H and O–H groups in total. The maximum absolute atomic E-state index is 12.7. The summed E-state index contributed by atoms with van der Waals surface area (Å²) in [7, 11) is 0. The average Bonchev–Trinajstić information content (AvgIpc) is 2.73. The molecule has 0 spiro atoms. The van der Waals surface area contributed by atoms with E-state index in [4.69, 9.17) is 0 Å². The largest absolute Gasteiger partial charge is 0.416 e. The molecule has 0 aliphatic rings. The van der Waals surface area contributed by atoms with Gasteiger partial charge in [-0.25, -0.2) is 4.79 Å². The van der Waals surface area contributed by atoms with E-state index in [0.717, 1.165) is 17.7 Å². The van der Waals surface area contributed by atoms with Crippen LogP contribution in [-0.4, -0.2) is 9.55 Å². The number of benzene rings is 2. The summed E-state index contributed by atoms with van der Waals surface area (Å²) in [6.07, 6.45) is -4.43. The topological polar surface area (TPSA) is 37.8 Å². The highest BCUT2D eigenvalue weighted by molar-refractivity contribution is 5.78. The standard InChI is InChI=1S/C15H11F3N2O/c1-9-4-2-3-5-12(9)20-13-7-6-10(15(16,17)18)8-11(13)19-14(20)21/h2-8H,1H3,(H,19,21). The third-order valence-electron chi connectivity index (χ3n) is 3.37. The minimum Gasteiger partial charge on any atom is -0.305 e. The number of imidazole rings is 1. The van der Waals surface area contributed by atoms with Gasteiger partial charge < -0.3 is 4.98 Å². The number of aromatic amines is 1. The smallest absolute Gasteiger partial charge is 0.305 e. The number of hydrogen-bond donors (Lipinski definition) is 1. The Morgan fingerprint density at radius 3 is 2.48 bits per heavy atom. The zero-order chi connectivity index (χ0) is 15.2. The number of aryl methyl sites for hydroxylation is 1. The quantitative estimate of drug-likeness (QED) is 0.730. The van der Waals surface area contributed by atoms with Crippen molar-refractivity contribution in [2.45, 2.75) is 13.1 Å². The molecule has 0 atom stereocenters. The van der Waals surface area contributed by atoms with Gasteiger partial charge >= 0.3 is 11.9 Å². The Hall–Kier alpha value is -2.50. The van der Waals surface area contributed by atoms with E-state index in [2.05, 4.69) is 4.98 Å². The molecule has 1 aromatic heterocycles. The highest BCUT2D eigenvalue weighted by Gasteiger charge is 2.31. The van der Waals surface area contributed by atoms with Gasteiger partial charge in [0.1, 0.15) is 0 Å². The van der Waals surface area contributed by atoms with Crippen LogP contribution >= 0.6 is 0 Å². The monoisotopic (exact) mass is 292 g/mol. The lowest BCUT2D eigenvalue weighted by atomic mass is 10.1. The van der Waals surface area contributed by atoms with E-state index in [9.17, 15) is 18.0 Å². The molecule has 21 heavy (non-hydrogen) atoms. The summed E-state index contributed by atoms with van der Waals surface area (Å²) in [6.45, 7) is 1.84. The lowest BCUT2D eigenvalue weighted by molar-refractivity contribution is -0.137. The molecule has 0 aliphatic heterocycles. The molecule has 6 heteroatoms. The van der Waals surface area contributed by atoms with E-state index in [1.807, 2.05) is 19.1 Å². The van der Waals surface area contributed by atoms with E-state index in [1.54, 1.807) is 12.1 Å². The van der Waals surface area contributed by atoms with Crippen molar-refractivity contribution in [1.82, 2.24) is 9.55 Å². The van der Waals surface area contributed by atoms with Gasteiger partial charge in [-0.1, -0.05) is 18.2 Å². The van der Waals surface area contributed by atoms with Crippen molar-refractivity contribution in [2.75, 3.05) is 0 Å². The molecule has 108 valence electrons. The molecule has 0 saturated carbocycles. The third kappa shape index (κ3) is 2.22. The van der Waals surface area contributed by atoms with E-state index in [-0.39, 0.29) is 5.52 Å². The molecule has 3 aromatic rings. The molecule has 0 aliphatic carbocycles. The first kappa shape index (κ1) is 13.5. The summed E-state index contributed by atoms with van der Waals surface area (Å²) in [4.78, 5) is 14.6. The number of halogens is 3. The van der Waals surface area contributed by atoms with E-state index in [0.29, 0.717) is 11.2 Å². The highest BCUT2D eigenvalue weighted by atomic mass is 19.4. The zero-order valence-electron chi connectivity index (χ0n) is 11.0. The molecule has 2 aromatic carbocycles. The number of nitrogens with zero attached hydrogens (tertiary/aromatic N) is 1. The number of hydrogen-bond acceptors (Lipinski definition) is 1. The summed E-state index contributed by atoms with van der Waals surface area (Å²) in [5.41, 5.74) is 0.848. The number of fused-ring (bicyclic) bond motifs is 1. The second-order valence-corrected chi connectivity index (χ2v) is 4.78. The van der Waals surface area contributed by atoms with Gasteiger partial charge in [-0.15, -0.1) is 0 Å². The molecule has 0 bridgehead atoms. The molecule has 3 rings (SSSR count). The Labute approximate surface area is 117 Å². The molecule has 0 radical (unpaired) electrons. The van der Waals surface area contributed by atoms with Crippen LogP contribution in [0.3, 0.4) is 0 Å². The lowest BCUT2D eigenvalue weighted by Crippen LogP contribution is -2.15. The van der Waals surface area contributed by atoms with Gasteiger partial charge in [0.25, 0.3) is 0 Å². The van der Waals surface area contributed by atoms with Crippen LogP contribution in [-0.2, 0) is 6.18 Å². The van der Waals surface area contributed by atoms with Crippen LogP contribution in [0.2, 0.25) is 0 Å². The maximum Gasteiger partial charge on any atom is 0.416 e. The van der Waals surface area contributed by atoms with Crippen LogP contribution in [0, 0.1) is 6.92 Å².